The van der Waals surface area contributed by atoms with E-state index in [0.29, 0.717) is 60.1 Å². The lowest BCUT2D eigenvalue weighted by atomic mass is 10.2. The lowest BCUT2D eigenvalue weighted by Crippen LogP contribution is -2.16. The van der Waals surface area contributed by atoms with Crippen LogP contribution in [0, 0.1) is 0 Å². The number of rotatable bonds is 8. The summed E-state index contributed by atoms with van der Waals surface area (Å²) in [5.41, 5.74) is 1.28. The highest BCUT2D eigenvalue weighted by atomic mass is 35.5. The molecule has 0 saturated heterocycles. The van der Waals surface area contributed by atoms with Crippen LogP contribution in [0.5, 0.6) is 23.0 Å². The smallest absolute Gasteiger partial charge is 0.248 e. The van der Waals surface area contributed by atoms with E-state index in [9.17, 15) is 4.79 Å². The molecule has 1 aliphatic rings. The normalized spacial score (nSPS) is 12.7. The lowest BCUT2D eigenvalue weighted by Gasteiger charge is -2.19. The van der Waals surface area contributed by atoms with Gasteiger partial charge in [0.1, 0.15) is 13.2 Å². The minimum absolute atomic E-state index is 0.312. The number of benzene rings is 2. The van der Waals surface area contributed by atoms with Gasteiger partial charge in [-0.2, -0.15) is 0 Å². The average molecular weight is 418 g/mol. The summed E-state index contributed by atoms with van der Waals surface area (Å²) in [4.78, 5) is 12.3. The summed E-state index contributed by atoms with van der Waals surface area (Å²) in [7, 11) is 0. The van der Waals surface area contributed by atoms with Crippen LogP contribution < -0.4 is 24.3 Å². The summed E-state index contributed by atoms with van der Waals surface area (Å²) in [6.07, 6.45) is 4.05. The van der Waals surface area contributed by atoms with E-state index >= 15 is 0 Å². The summed E-state index contributed by atoms with van der Waals surface area (Å²) >= 11 is 6.23. The SMILES string of the molecule is CCCOc1ccc(/C=C/C(=O)Nc2cc3c(cc2Cl)OCCO3)cc1OCC. The van der Waals surface area contributed by atoms with Crippen molar-refractivity contribution in [1.82, 2.24) is 0 Å². The first-order chi connectivity index (χ1) is 14.1. The molecule has 0 unspecified atom stereocenters. The average Bonchev–Trinajstić information content (AvgIpc) is 2.72. The van der Waals surface area contributed by atoms with Gasteiger partial charge in [0.2, 0.25) is 5.91 Å². The largest absolute Gasteiger partial charge is 0.490 e. The van der Waals surface area contributed by atoms with E-state index < -0.39 is 0 Å². The Labute approximate surface area is 175 Å². The Morgan fingerprint density at radius 3 is 2.59 bits per heavy atom. The molecule has 0 saturated carbocycles. The molecule has 1 N–H and O–H groups in total. The molecule has 7 heteroatoms. The third-order valence-corrected chi connectivity index (χ3v) is 4.36. The number of anilines is 1. The van der Waals surface area contributed by atoms with Crippen molar-refractivity contribution in [2.24, 2.45) is 0 Å². The van der Waals surface area contributed by atoms with Crippen molar-refractivity contribution in [2.45, 2.75) is 20.3 Å². The molecule has 2 aromatic rings. The van der Waals surface area contributed by atoms with E-state index in [1.54, 1.807) is 18.2 Å². The van der Waals surface area contributed by atoms with Crippen molar-refractivity contribution >= 4 is 29.3 Å². The van der Waals surface area contributed by atoms with Gasteiger partial charge in [-0.25, -0.2) is 0 Å². The monoisotopic (exact) mass is 417 g/mol. The van der Waals surface area contributed by atoms with Crippen molar-refractivity contribution in [3.8, 4) is 23.0 Å². The van der Waals surface area contributed by atoms with Crippen LogP contribution in [0.3, 0.4) is 0 Å². The maximum Gasteiger partial charge on any atom is 0.248 e. The standard InChI is InChI=1S/C22H24ClNO5/c1-3-9-27-18-7-5-15(12-19(18)26-4-2)6-8-22(25)24-17-14-21-20(13-16(17)23)28-10-11-29-21/h5-8,12-14H,3-4,9-11H2,1-2H3,(H,24,25)/b8-6+. The topological polar surface area (TPSA) is 66.0 Å². The zero-order chi connectivity index (χ0) is 20.6. The van der Waals surface area contributed by atoms with Gasteiger partial charge in [0.15, 0.2) is 23.0 Å². The predicted molar refractivity (Wildman–Crippen MR) is 114 cm³/mol. The highest BCUT2D eigenvalue weighted by Gasteiger charge is 2.16. The maximum absolute atomic E-state index is 12.3. The number of fused-ring (bicyclic) bond motifs is 1. The molecule has 1 heterocycles. The molecule has 2 aromatic carbocycles. The first kappa shape index (κ1) is 20.9. The molecule has 0 radical (unpaired) electrons. The van der Waals surface area contributed by atoms with E-state index in [-0.39, 0.29) is 5.91 Å². The first-order valence-electron chi connectivity index (χ1n) is 9.58. The Kier molecular flexibility index (Phi) is 7.25. The molecular weight excluding hydrogens is 394 g/mol. The molecular formula is C22H24ClNO5. The van der Waals surface area contributed by atoms with Crippen LogP contribution in [-0.2, 0) is 4.79 Å². The van der Waals surface area contributed by atoms with Crippen LogP contribution in [0.2, 0.25) is 5.02 Å². The van der Waals surface area contributed by atoms with Gasteiger partial charge in [0.05, 0.1) is 23.9 Å². The summed E-state index contributed by atoms with van der Waals surface area (Å²) in [6, 6.07) is 8.86. The highest BCUT2D eigenvalue weighted by Crippen LogP contribution is 2.38. The summed E-state index contributed by atoms with van der Waals surface area (Å²) in [6.45, 7) is 6.04. The molecule has 0 aromatic heterocycles. The van der Waals surface area contributed by atoms with Crippen LogP contribution >= 0.6 is 11.6 Å². The third kappa shape index (κ3) is 5.57. The van der Waals surface area contributed by atoms with Gasteiger partial charge in [-0.1, -0.05) is 24.6 Å². The van der Waals surface area contributed by atoms with Crippen molar-refractivity contribution in [1.29, 1.82) is 0 Å². The molecule has 0 atom stereocenters. The van der Waals surface area contributed by atoms with Crippen LogP contribution in [0.15, 0.2) is 36.4 Å². The zero-order valence-corrected chi connectivity index (χ0v) is 17.3. The second-order valence-electron chi connectivity index (χ2n) is 6.29. The van der Waals surface area contributed by atoms with Crippen LogP contribution in [0.25, 0.3) is 6.08 Å². The van der Waals surface area contributed by atoms with Crippen molar-refractivity contribution < 1.29 is 23.7 Å². The summed E-state index contributed by atoms with van der Waals surface area (Å²) in [5, 5.41) is 3.14. The molecule has 3 rings (SSSR count). The molecule has 1 aliphatic heterocycles. The van der Waals surface area contributed by atoms with Crippen molar-refractivity contribution in [3.63, 3.8) is 0 Å². The van der Waals surface area contributed by atoms with Crippen molar-refractivity contribution in [3.05, 3.63) is 47.0 Å². The molecule has 0 bridgehead atoms. The summed E-state index contributed by atoms with van der Waals surface area (Å²) < 4.78 is 22.3. The van der Waals surface area contributed by atoms with Gasteiger partial charge in [0.25, 0.3) is 0 Å². The summed E-state index contributed by atoms with van der Waals surface area (Å²) in [5.74, 6) is 2.16. The molecule has 0 spiro atoms. The number of ether oxygens (including phenoxy) is 4. The van der Waals surface area contributed by atoms with E-state index in [2.05, 4.69) is 5.32 Å². The Bertz CT molecular complexity index is 897. The number of halogens is 1. The molecule has 0 fully saturated rings. The Balaban J connectivity index is 1.69. The van der Waals surface area contributed by atoms with Crippen molar-refractivity contribution in [2.75, 3.05) is 31.7 Å². The van der Waals surface area contributed by atoms with E-state index in [4.69, 9.17) is 30.5 Å². The number of hydrogen-bond acceptors (Lipinski definition) is 5. The number of hydrogen-bond donors (Lipinski definition) is 1. The molecule has 6 nitrogen and oxygen atoms in total. The second-order valence-corrected chi connectivity index (χ2v) is 6.69. The number of amides is 1. The van der Waals surface area contributed by atoms with Crippen LogP contribution in [0.4, 0.5) is 5.69 Å². The molecule has 1 amide bonds. The molecule has 0 aliphatic carbocycles. The third-order valence-electron chi connectivity index (χ3n) is 4.05. The number of nitrogens with one attached hydrogen (secondary N) is 1. The Morgan fingerprint density at radius 1 is 1.10 bits per heavy atom. The van der Waals surface area contributed by atoms with E-state index in [1.807, 2.05) is 32.0 Å². The molecule has 154 valence electrons. The predicted octanol–water partition coefficient (Wildman–Crippen LogP) is 4.95. The van der Waals surface area contributed by atoms with E-state index in [1.165, 1.54) is 6.08 Å². The minimum Gasteiger partial charge on any atom is -0.490 e. The molecule has 29 heavy (non-hydrogen) atoms. The van der Waals surface area contributed by atoms with Crippen LogP contribution in [0.1, 0.15) is 25.8 Å². The lowest BCUT2D eigenvalue weighted by molar-refractivity contribution is -0.111. The Morgan fingerprint density at radius 2 is 1.86 bits per heavy atom. The van der Waals surface area contributed by atoms with Gasteiger partial charge >= 0.3 is 0 Å². The Hall–Kier alpha value is -2.86. The van der Waals surface area contributed by atoms with Gasteiger partial charge in [0, 0.05) is 18.2 Å². The fourth-order valence-electron chi connectivity index (χ4n) is 2.73. The fourth-order valence-corrected chi connectivity index (χ4v) is 2.93. The van der Waals surface area contributed by atoms with Gasteiger partial charge in [-0.05, 0) is 37.1 Å². The quantitative estimate of drug-likeness (QED) is 0.615. The van der Waals surface area contributed by atoms with Gasteiger partial charge in [-0.3, -0.25) is 4.79 Å². The van der Waals surface area contributed by atoms with Gasteiger partial charge in [-0.15, -0.1) is 0 Å². The minimum atomic E-state index is -0.312. The zero-order valence-electron chi connectivity index (χ0n) is 16.5. The highest BCUT2D eigenvalue weighted by molar-refractivity contribution is 6.34. The fraction of sp³-hybridized carbons (Fsp3) is 0.318. The van der Waals surface area contributed by atoms with Gasteiger partial charge < -0.3 is 24.3 Å². The maximum atomic E-state index is 12.3. The van der Waals surface area contributed by atoms with E-state index in [0.717, 1.165) is 12.0 Å². The first-order valence-corrected chi connectivity index (χ1v) is 9.96. The second kappa shape index (κ2) is 10.1. The van der Waals surface area contributed by atoms with Crippen LogP contribution in [-0.4, -0.2) is 32.3 Å². The number of carbonyl (C=O) groups excluding carboxylic acids is 1. The number of carbonyl (C=O) groups is 1.